The van der Waals surface area contributed by atoms with Crippen LogP contribution in [-0.4, -0.2) is 25.3 Å². The summed E-state index contributed by atoms with van der Waals surface area (Å²) in [7, 11) is 0. The molecule has 2 rings (SSSR count). The zero-order chi connectivity index (χ0) is 11.5. The summed E-state index contributed by atoms with van der Waals surface area (Å²) >= 11 is 0. The Bertz CT molecular complexity index is 392. The summed E-state index contributed by atoms with van der Waals surface area (Å²) in [6.45, 7) is 1.47. The third-order valence-corrected chi connectivity index (χ3v) is 2.94. The molecule has 0 saturated carbocycles. The average molecular weight is 222 g/mol. The second-order valence-corrected chi connectivity index (χ2v) is 3.96. The highest BCUT2D eigenvalue weighted by Gasteiger charge is 2.24. The first-order valence-corrected chi connectivity index (χ1v) is 5.30. The molecule has 16 heavy (non-hydrogen) atoms. The lowest BCUT2D eigenvalue weighted by Crippen LogP contribution is -2.38. The number of carbonyl (C=O) groups is 2. The first-order chi connectivity index (χ1) is 7.70. The Morgan fingerprint density at radius 1 is 1.44 bits per heavy atom. The van der Waals surface area contributed by atoms with Gasteiger partial charge in [-0.1, -0.05) is 0 Å². The highest BCUT2D eigenvalue weighted by molar-refractivity contribution is 5.77. The lowest BCUT2D eigenvalue weighted by molar-refractivity contribution is -0.122. The van der Waals surface area contributed by atoms with Crippen molar-refractivity contribution < 1.29 is 14.0 Å². The molecule has 0 bridgehead atoms. The number of anilines is 1. The highest BCUT2D eigenvalue weighted by Crippen LogP contribution is 2.24. The summed E-state index contributed by atoms with van der Waals surface area (Å²) in [5.41, 5.74) is 5.25. The Hall–Kier alpha value is -1.78. The van der Waals surface area contributed by atoms with E-state index in [2.05, 4.69) is 0 Å². The van der Waals surface area contributed by atoms with Gasteiger partial charge in [0.05, 0.1) is 0 Å². The van der Waals surface area contributed by atoms with E-state index in [1.807, 2.05) is 4.90 Å². The fraction of sp³-hybridized carbons (Fsp3) is 0.455. The number of piperidine rings is 1. The van der Waals surface area contributed by atoms with E-state index >= 15 is 0 Å². The largest absolute Gasteiger partial charge is 0.438 e. The van der Waals surface area contributed by atoms with Gasteiger partial charge in [-0.25, -0.2) is 0 Å². The van der Waals surface area contributed by atoms with Crippen LogP contribution >= 0.6 is 0 Å². The van der Waals surface area contributed by atoms with Gasteiger partial charge in [0.15, 0.2) is 17.9 Å². The second-order valence-electron chi connectivity index (χ2n) is 3.96. The van der Waals surface area contributed by atoms with Crippen molar-refractivity contribution in [1.29, 1.82) is 0 Å². The molecule has 1 amide bonds. The second kappa shape index (κ2) is 4.38. The molecular weight excluding hydrogens is 208 g/mol. The summed E-state index contributed by atoms with van der Waals surface area (Å²) in [6, 6.07) is 3.41. The maximum absolute atomic E-state index is 11.0. The fourth-order valence-corrected chi connectivity index (χ4v) is 1.96. The summed E-state index contributed by atoms with van der Waals surface area (Å²) in [5.74, 6) is 0.751. The predicted molar refractivity (Wildman–Crippen MR) is 58.2 cm³/mol. The van der Waals surface area contributed by atoms with E-state index in [0.29, 0.717) is 17.9 Å². The van der Waals surface area contributed by atoms with Crippen LogP contribution in [0, 0.1) is 5.92 Å². The third-order valence-electron chi connectivity index (χ3n) is 2.94. The average Bonchev–Trinajstić information content (AvgIpc) is 2.77. The van der Waals surface area contributed by atoms with Gasteiger partial charge in [-0.3, -0.25) is 9.59 Å². The molecule has 5 heteroatoms. The van der Waals surface area contributed by atoms with Gasteiger partial charge in [0.1, 0.15) is 0 Å². The van der Waals surface area contributed by atoms with Crippen molar-refractivity contribution in [3.8, 4) is 0 Å². The lowest BCUT2D eigenvalue weighted by atomic mass is 9.96. The summed E-state index contributed by atoms with van der Waals surface area (Å²) < 4.78 is 5.31. The van der Waals surface area contributed by atoms with Crippen LogP contribution < -0.4 is 10.6 Å². The van der Waals surface area contributed by atoms with Crippen molar-refractivity contribution in [2.45, 2.75) is 12.8 Å². The zero-order valence-electron chi connectivity index (χ0n) is 8.89. The van der Waals surface area contributed by atoms with Gasteiger partial charge in [-0.05, 0) is 18.9 Å². The van der Waals surface area contributed by atoms with Gasteiger partial charge in [0, 0.05) is 25.1 Å². The first kappa shape index (κ1) is 10.7. The van der Waals surface area contributed by atoms with Crippen molar-refractivity contribution in [2.24, 2.45) is 11.7 Å². The van der Waals surface area contributed by atoms with E-state index < -0.39 is 0 Å². The van der Waals surface area contributed by atoms with Gasteiger partial charge in [-0.15, -0.1) is 0 Å². The number of nitrogens with zero attached hydrogens (tertiary/aromatic N) is 1. The van der Waals surface area contributed by atoms with Gasteiger partial charge in [-0.2, -0.15) is 0 Å². The summed E-state index contributed by atoms with van der Waals surface area (Å²) in [6.07, 6.45) is 2.17. The van der Waals surface area contributed by atoms with Crippen molar-refractivity contribution in [2.75, 3.05) is 18.0 Å². The molecule has 2 heterocycles. The lowest BCUT2D eigenvalue weighted by Gasteiger charge is -2.30. The smallest absolute Gasteiger partial charge is 0.220 e. The van der Waals surface area contributed by atoms with E-state index in [0.717, 1.165) is 25.9 Å². The molecule has 0 aliphatic carbocycles. The van der Waals surface area contributed by atoms with Gasteiger partial charge >= 0.3 is 0 Å². The van der Waals surface area contributed by atoms with Gasteiger partial charge < -0.3 is 15.1 Å². The maximum atomic E-state index is 11.0. The van der Waals surface area contributed by atoms with Gasteiger partial charge in [0.2, 0.25) is 5.91 Å². The minimum atomic E-state index is -0.229. The minimum Gasteiger partial charge on any atom is -0.438 e. The topological polar surface area (TPSA) is 76.5 Å². The molecule has 0 aromatic carbocycles. The molecular formula is C11H14N2O3. The number of hydrogen-bond donors (Lipinski definition) is 1. The Balaban J connectivity index is 1.98. The van der Waals surface area contributed by atoms with E-state index in [4.69, 9.17) is 10.2 Å². The molecule has 0 radical (unpaired) electrons. The molecule has 0 atom stereocenters. The SMILES string of the molecule is NC(=O)C1CCN(c2ccc(C=O)o2)CC1. The maximum Gasteiger partial charge on any atom is 0.220 e. The van der Waals surface area contributed by atoms with Crippen molar-refractivity contribution in [3.05, 3.63) is 17.9 Å². The zero-order valence-corrected chi connectivity index (χ0v) is 8.89. The van der Waals surface area contributed by atoms with E-state index in [-0.39, 0.29) is 11.8 Å². The number of carbonyl (C=O) groups excluding carboxylic acids is 2. The standard InChI is InChI=1S/C11H14N2O3/c12-11(15)8-3-5-13(6-4-8)10-2-1-9(7-14)16-10/h1-2,7-8H,3-6H2,(H2,12,15). The van der Waals surface area contributed by atoms with E-state index in [1.54, 1.807) is 12.1 Å². The number of furan rings is 1. The van der Waals surface area contributed by atoms with Crippen LogP contribution in [0.5, 0.6) is 0 Å². The van der Waals surface area contributed by atoms with E-state index in [9.17, 15) is 9.59 Å². The number of aldehydes is 1. The Kier molecular flexibility index (Phi) is 2.94. The first-order valence-electron chi connectivity index (χ1n) is 5.30. The van der Waals surface area contributed by atoms with Crippen LogP contribution in [0.25, 0.3) is 0 Å². The molecule has 1 aliphatic heterocycles. The number of rotatable bonds is 3. The third kappa shape index (κ3) is 2.08. The van der Waals surface area contributed by atoms with Crippen molar-refractivity contribution in [3.63, 3.8) is 0 Å². The number of primary amides is 1. The summed E-state index contributed by atoms with van der Waals surface area (Å²) in [4.78, 5) is 23.5. The van der Waals surface area contributed by atoms with Crippen molar-refractivity contribution in [1.82, 2.24) is 0 Å². The van der Waals surface area contributed by atoms with Crippen LogP contribution in [0.1, 0.15) is 23.4 Å². The molecule has 1 fully saturated rings. The Labute approximate surface area is 93.2 Å². The Morgan fingerprint density at radius 2 is 2.12 bits per heavy atom. The minimum absolute atomic E-state index is 0.0308. The predicted octanol–water partition coefficient (Wildman–Crippen LogP) is 0.794. The van der Waals surface area contributed by atoms with Crippen LogP contribution in [0.3, 0.4) is 0 Å². The van der Waals surface area contributed by atoms with E-state index in [1.165, 1.54) is 0 Å². The van der Waals surface area contributed by atoms with Crippen molar-refractivity contribution >= 4 is 18.1 Å². The molecule has 1 aliphatic rings. The van der Waals surface area contributed by atoms with Crippen LogP contribution in [0.4, 0.5) is 5.88 Å². The number of nitrogens with two attached hydrogens (primary N) is 1. The molecule has 0 unspecified atom stereocenters. The molecule has 1 aromatic rings. The van der Waals surface area contributed by atoms with Gasteiger partial charge in [0.25, 0.3) is 0 Å². The monoisotopic (exact) mass is 222 g/mol. The number of hydrogen-bond acceptors (Lipinski definition) is 4. The molecule has 1 saturated heterocycles. The molecule has 0 spiro atoms. The molecule has 5 nitrogen and oxygen atoms in total. The highest BCUT2D eigenvalue weighted by atomic mass is 16.4. The quantitative estimate of drug-likeness (QED) is 0.767. The summed E-state index contributed by atoms with van der Waals surface area (Å²) in [5, 5.41) is 0. The number of amides is 1. The molecule has 2 N–H and O–H groups in total. The van der Waals surface area contributed by atoms with Crippen LogP contribution in [-0.2, 0) is 4.79 Å². The molecule has 1 aromatic heterocycles. The van der Waals surface area contributed by atoms with Crippen LogP contribution in [0.2, 0.25) is 0 Å². The van der Waals surface area contributed by atoms with Crippen LogP contribution in [0.15, 0.2) is 16.5 Å². The Morgan fingerprint density at radius 3 is 2.62 bits per heavy atom. The molecule has 86 valence electrons. The fourth-order valence-electron chi connectivity index (χ4n) is 1.96. The normalized spacial score (nSPS) is 17.4.